The van der Waals surface area contributed by atoms with E-state index in [4.69, 9.17) is 9.47 Å². The van der Waals surface area contributed by atoms with Gasteiger partial charge in [-0.3, -0.25) is 4.79 Å². The first-order valence-corrected chi connectivity index (χ1v) is 13.8. The molecule has 0 aliphatic heterocycles. The van der Waals surface area contributed by atoms with E-state index in [1.165, 1.54) is 0 Å². The van der Waals surface area contributed by atoms with Gasteiger partial charge in [0, 0.05) is 19.5 Å². The van der Waals surface area contributed by atoms with Gasteiger partial charge in [0.15, 0.2) is 0 Å². The summed E-state index contributed by atoms with van der Waals surface area (Å²) in [5.41, 5.74) is 1.41. The Hall–Kier alpha value is -3.02. The zero-order valence-electron chi connectivity index (χ0n) is 23.4. The molecule has 6 heteroatoms. The van der Waals surface area contributed by atoms with E-state index in [0.29, 0.717) is 26.1 Å². The second-order valence-electron chi connectivity index (χ2n) is 10.6. The van der Waals surface area contributed by atoms with Crippen LogP contribution in [0.25, 0.3) is 0 Å². The summed E-state index contributed by atoms with van der Waals surface area (Å²) in [7, 11) is 0. The minimum absolute atomic E-state index is 0.0533. The standard InChI is InChI=1S/C31H46N2O4/c1-6-8-13-21-33(22-14-9-7-2)29(34)28(32-30(35)37-31(3,4)5)23-25-17-19-27(20-18-25)36-24-26-15-11-10-12-16-26/h10-12,15-20,28H,6-9,13-14,21-24H2,1-5H3,(H,32,35)/t28-/m1/s1. The Labute approximate surface area is 223 Å². The summed E-state index contributed by atoms with van der Waals surface area (Å²) in [4.78, 5) is 28.3. The molecule has 6 nitrogen and oxygen atoms in total. The zero-order chi connectivity index (χ0) is 27.1. The Morgan fingerprint density at radius 3 is 1.97 bits per heavy atom. The Balaban J connectivity index is 2.13. The molecule has 0 aromatic heterocycles. The molecule has 2 aromatic rings. The molecule has 204 valence electrons. The molecular weight excluding hydrogens is 464 g/mol. The van der Waals surface area contributed by atoms with Crippen molar-refractivity contribution in [2.45, 2.75) is 97.8 Å². The van der Waals surface area contributed by atoms with Crippen LogP contribution in [0, 0.1) is 0 Å². The molecule has 1 N–H and O–H groups in total. The first kappa shape index (κ1) is 30.2. The lowest BCUT2D eigenvalue weighted by atomic mass is 10.0. The molecule has 0 saturated carbocycles. The molecule has 0 saturated heterocycles. The summed E-state index contributed by atoms with van der Waals surface area (Å²) >= 11 is 0. The smallest absolute Gasteiger partial charge is 0.408 e. The van der Waals surface area contributed by atoms with Crippen LogP contribution in [-0.4, -0.2) is 41.6 Å². The van der Waals surface area contributed by atoms with E-state index in [0.717, 1.165) is 55.4 Å². The zero-order valence-corrected chi connectivity index (χ0v) is 23.4. The van der Waals surface area contributed by atoms with Gasteiger partial charge in [0.1, 0.15) is 24.0 Å². The van der Waals surface area contributed by atoms with Crippen molar-refractivity contribution in [1.29, 1.82) is 0 Å². The number of amides is 2. The molecule has 0 spiro atoms. The van der Waals surface area contributed by atoms with Gasteiger partial charge in [-0.15, -0.1) is 0 Å². The monoisotopic (exact) mass is 510 g/mol. The minimum Gasteiger partial charge on any atom is -0.489 e. The summed E-state index contributed by atoms with van der Waals surface area (Å²) in [5.74, 6) is 0.707. The fraction of sp³-hybridized carbons (Fsp3) is 0.548. The number of rotatable bonds is 15. The Kier molecular flexibility index (Phi) is 13.0. The van der Waals surface area contributed by atoms with E-state index in [2.05, 4.69) is 19.2 Å². The quantitative estimate of drug-likeness (QED) is 0.264. The van der Waals surface area contributed by atoms with Crippen LogP contribution in [0.4, 0.5) is 4.79 Å². The molecule has 0 aliphatic rings. The number of alkyl carbamates (subject to hydrolysis) is 1. The average molecular weight is 511 g/mol. The molecule has 0 bridgehead atoms. The van der Waals surface area contributed by atoms with E-state index in [-0.39, 0.29) is 5.91 Å². The number of hydrogen-bond acceptors (Lipinski definition) is 4. The van der Waals surface area contributed by atoms with Crippen LogP contribution in [0.5, 0.6) is 5.75 Å². The van der Waals surface area contributed by atoms with Crippen LogP contribution in [-0.2, 0) is 22.6 Å². The fourth-order valence-electron chi connectivity index (χ4n) is 4.01. The lowest BCUT2D eigenvalue weighted by molar-refractivity contribution is -0.133. The summed E-state index contributed by atoms with van der Waals surface area (Å²) in [6, 6.07) is 17.0. The van der Waals surface area contributed by atoms with Gasteiger partial charge in [0.05, 0.1) is 0 Å². The molecule has 37 heavy (non-hydrogen) atoms. The highest BCUT2D eigenvalue weighted by atomic mass is 16.6. The molecule has 2 amide bonds. The molecule has 0 radical (unpaired) electrons. The first-order chi connectivity index (χ1) is 17.7. The summed E-state index contributed by atoms with van der Waals surface area (Å²) in [6.07, 6.45) is 6.07. The number of nitrogens with one attached hydrogen (secondary N) is 1. The number of benzene rings is 2. The first-order valence-electron chi connectivity index (χ1n) is 13.8. The van der Waals surface area contributed by atoms with Gasteiger partial charge in [0.25, 0.3) is 0 Å². The maximum atomic E-state index is 13.7. The highest BCUT2D eigenvalue weighted by molar-refractivity contribution is 5.86. The van der Waals surface area contributed by atoms with Crippen LogP contribution >= 0.6 is 0 Å². The largest absolute Gasteiger partial charge is 0.489 e. The van der Waals surface area contributed by atoms with E-state index < -0.39 is 17.7 Å². The Morgan fingerprint density at radius 1 is 0.838 bits per heavy atom. The number of nitrogens with zero attached hydrogens (tertiary/aromatic N) is 1. The van der Waals surface area contributed by atoms with Crippen LogP contribution < -0.4 is 10.1 Å². The predicted octanol–water partition coefficient (Wildman–Crippen LogP) is 6.91. The highest BCUT2D eigenvalue weighted by Crippen LogP contribution is 2.17. The summed E-state index contributed by atoms with van der Waals surface area (Å²) < 4.78 is 11.4. The molecule has 2 aromatic carbocycles. The fourth-order valence-corrected chi connectivity index (χ4v) is 4.01. The lowest BCUT2D eigenvalue weighted by Gasteiger charge is -2.29. The second-order valence-corrected chi connectivity index (χ2v) is 10.6. The van der Waals surface area contributed by atoms with Gasteiger partial charge in [-0.05, 0) is 56.9 Å². The van der Waals surface area contributed by atoms with Gasteiger partial charge >= 0.3 is 6.09 Å². The highest BCUT2D eigenvalue weighted by Gasteiger charge is 2.28. The topological polar surface area (TPSA) is 67.9 Å². The number of ether oxygens (including phenoxy) is 2. The van der Waals surface area contributed by atoms with E-state index in [1.807, 2.05) is 80.3 Å². The lowest BCUT2D eigenvalue weighted by Crippen LogP contribution is -2.51. The van der Waals surface area contributed by atoms with Crippen molar-refractivity contribution in [2.24, 2.45) is 0 Å². The van der Waals surface area contributed by atoms with Crippen LogP contribution in [0.1, 0.15) is 84.3 Å². The number of hydrogen-bond donors (Lipinski definition) is 1. The van der Waals surface area contributed by atoms with Crippen molar-refractivity contribution in [1.82, 2.24) is 10.2 Å². The second kappa shape index (κ2) is 16.0. The molecule has 1 atom stereocenters. The van der Waals surface area contributed by atoms with Crippen molar-refractivity contribution in [3.8, 4) is 5.75 Å². The van der Waals surface area contributed by atoms with Gasteiger partial charge in [0.2, 0.25) is 5.91 Å². The van der Waals surface area contributed by atoms with Crippen molar-refractivity contribution < 1.29 is 19.1 Å². The SMILES string of the molecule is CCCCCN(CCCCC)C(=O)[C@@H](Cc1ccc(OCc2ccccc2)cc1)NC(=O)OC(C)(C)C. The van der Waals surface area contributed by atoms with Crippen molar-refractivity contribution in [2.75, 3.05) is 13.1 Å². The van der Waals surface area contributed by atoms with Crippen molar-refractivity contribution in [3.05, 3.63) is 65.7 Å². The number of unbranched alkanes of at least 4 members (excludes halogenated alkanes) is 4. The van der Waals surface area contributed by atoms with Gasteiger partial charge in [-0.1, -0.05) is 82.0 Å². The Morgan fingerprint density at radius 2 is 1.43 bits per heavy atom. The average Bonchev–Trinajstić information content (AvgIpc) is 2.86. The van der Waals surface area contributed by atoms with Crippen LogP contribution in [0.2, 0.25) is 0 Å². The number of carbonyl (C=O) groups excluding carboxylic acids is 2. The third-order valence-corrected chi connectivity index (χ3v) is 5.98. The minimum atomic E-state index is -0.700. The van der Waals surface area contributed by atoms with Crippen molar-refractivity contribution in [3.63, 3.8) is 0 Å². The predicted molar refractivity (Wildman–Crippen MR) is 150 cm³/mol. The molecule has 2 rings (SSSR count). The number of carbonyl (C=O) groups is 2. The van der Waals surface area contributed by atoms with E-state index in [9.17, 15) is 9.59 Å². The van der Waals surface area contributed by atoms with E-state index in [1.54, 1.807) is 0 Å². The van der Waals surface area contributed by atoms with Crippen LogP contribution in [0.3, 0.4) is 0 Å². The molecule has 0 aliphatic carbocycles. The maximum Gasteiger partial charge on any atom is 0.408 e. The van der Waals surface area contributed by atoms with Gasteiger partial charge in [-0.25, -0.2) is 4.79 Å². The normalized spacial score (nSPS) is 12.0. The molecule has 0 heterocycles. The molecular formula is C31H46N2O4. The van der Waals surface area contributed by atoms with Gasteiger partial charge < -0.3 is 19.7 Å². The third-order valence-electron chi connectivity index (χ3n) is 5.98. The van der Waals surface area contributed by atoms with E-state index >= 15 is 0 Å². The third kappa shape index (κ3) is 12.2. The summed E-state index contributed by atoms with van der Waals surface area (Å²) in [6.45, 7) is 11.7. The van der Waals surface area contributed by atoms with Gasteiger partial charge in [-0.2, -0.15) is 0 Å². The van der Waals surface area contributed by atoms with Crippen molar-refractivity contribution >= 4 is 12.0 Å². The maximum absolute atomic E-state index is 13.7. The summed E-state index contributed by atoms with van der Waals surface area (Å²) in [5, 5.41) is 2.86. The molecule has 0 fully saturated rings. The van der Waals surface area contributed by atoms with Crippen LogP contribution in [0.15, 0.2) is 54.6 Å². The Bertz CT molecular complexity index is 912. The molecule has 0 unspecified atom stereocenters.